The summed E-state index contributed by atoms with van der Waals surface area (Å²) in [6, 6.07) is 5.16. The van der Waals surface area contributed by atoms with Crippen molar-refractivity contribution in [2.45, 2.75) is 45.4 Å². The first kappa shape index (κ1) is 14.8. The zero-order chi connectivity index (χ0) is 13.7. The molecule has 1 fully saturated rings. The first-order valence-corrected chi connectivity index (χ1v) is 7.68. The van der Waals surface area contributed by atoms with Crippen molar-refractivity contribution in [3.05, 3.63) is 34.6 Å². The van der Waals surface area contributed by atoms with Crippen molar-refractivity contribution in [2.24, 2.45) is 5.41 Å². The first-order chi connectivity index (χ1) is 9.15. The maximum Gasteiger partial charge on any atom is 0.141 e. The fourth-order valence-corrected chi connectivity index (χ4v) is 3.39. The summed E-state index contributed by atoms with van der Waals surface area (Å²) in [7, 11) is 0. The Bertz CT molecular complexity index is 413. The van der Waals surface area contributed by atoms with Gasteiger partial charge >= 0.3 is 0 Å². The molecular weight excluding hydrogens is 261 g/mol. The zero-order valence-electron chi connectivity index (χ0n) is 11.6. The molecule has 1 nitrogen and oxygen atoms in total. The van der Waals surface area contributed by atoms with Crippen LogP contribution in [0.4, 0.5) is 4.39 Å². The van der Waals surface area contributed by atoms with E-state index in [1.165, 1.54) is 38.2 Å². The molecule has 0 heterocycles. The molecule has 1 aromatic rings. The van der Waals surface area contributed by atoms with E-state index in [0.29, 0.717) is 5.41 Å². The van der Waals surface area contributed by atoms with Crippen LogP contribution in [0.1, 0.15) is 44.6 Å². The van der Waals surface area contributed by atoms with Gasteiger partial charge in [0.15, 0.2) is 0 Å². The van der Waals surface area contributed by atoms with Gasteiger partial charge in [0.25, 0.3) is 0 Å². The van der Waals surface area contributed by atoms with Crippen LogP contribution in [-0.2, 0) is 6.42 Å². The SMILES string of the molecule is CCNCC1(Cc2ccc(F)c(Cl)c2)CCCCC1. The second-order valence-corrected chi connectivity index (χ2v) is 6.17. The Labute approximate surface area is 120 Å². The van der Waals surface area contributed by atoms with Gasteiger partial charge in [-0.05, 0) is 48.9 Å². The monoisotopic (exact) mass is 283 g/mol. The molecule has 0 spiro atoms. The summed E-state index contributed by atoms with van der Waals surface area (Å²) in [5.41, 5.74) is 1.49. The summed E-state index contributed by atoms with van der Waals surface area (Å²) in [6.45, 7) is 4.20. The number of rotatable bonds is 5. The van der Waals surface area contributed by atoms with Crippen molar-refractivity contribution in [3.63, 3.8) is 0 Å². The van der Waals surface area contributed by atoms with Gasteiger partial charge in [-0.1, -0.05) is 43.9 Å². The molecule has 0 unspecified atom stereocenters. The van der Waals surface area contributed by atoms with Crippen molar-refractivity contribution in [2.75, 3.05) is 13.1 Å². The lowest BCUT2D eigenvalue weighted by molar-refractivity contribution is 0.182. The highest BCUT2D eigenvalue weighted by molar-refractivity contribution is 6.30. The van der Waals surface area contributed by atoms with E-state index in [2.05, 4.69) is 12.2 Å². The highest BCUT2D eigenvalue weighted by Gasteiger charge is 2.31. The Morgan fingerprint density at radius 3 is 2.63 bits per heavy atom. The molecule has 1 aromatic carbocycles. The molecule has 106 valence electrons. The Morgan fingerprint density at radius 1 is 1.26 bits per heavy atom. The quantitative estimate of drug-likeness (QED) is 0.834. The van der Waals surface area contributed by atoms with E-state index < -0.39 is 0 Å². The van der Waals surface area contributed by atoms with Crippen LogP contribution in [0, 0.1) is 11.2 Å². The molecule has 0 bridgehead atoms. The van der Waals surface area contributed by atoms with Crippen LogP contribution in [0.25, 0.3) is 0 Å². The largest absolute Gasteiger partial charge is 0.316 e. The summed E-state index contributed by atoms with van der Waals surface area (Å²) in [5.74, 6) is -0.324. The van der Waals surface area contributed by atoms with Gasteiger partial charge in [-0.3, -0.25) is 0 Å². The topological polar surface area (TPSA) is 12.0 Å². The number of hydrogen-bond acceptors (Lipinski definition) is 1. The molecule has 1 aliphatic rings. The predicted molar refractivity (Wildman–Crippen MR) is 79.2 cm³/mol. The Kier molecular flexibility index (Phi) is 5.23. The number of benzene rings is 1. The smallest absolute Gasteiger partial charge is 0.141 e. The molecule has 1 aliphatic carbocycles. The van der Waals surface area contributed by atoms with Gasteiger partial charge in [0.05, 0.1) is 5.02 Å². The minimum absolute atomic E-state index is 0.243. The standard InChI is InChI=1S/C16H23ClFN/c1-2-19-12-16(8-4-3-5-9-16)11-13-6-7-15(18)14(17)10-13/h6-7,10,19H,2-5,8-9,11-12H2,1H3. The molecule has 0 aromatic heterocycles. The van der Waals surface area contributed by atoms with Gasteiger partial charge in [-0.15, -0.1) is 0 Å². The highest BCUT2D eigenvalue weighted by Crippen LogP contribution is 2.39. The van der Waals surface area contributed by atoms with Crippen LogP contribution in [-0.4, -0.2) is 13.1 Å². The van der Waals surface area contributed by atoms with Crippen molar-refractivity contribution in [1.82, 2.24) is 5.32 Å². The lowest BCUT2D eigenvalue weighted by Gasteiger charge is -2.38. The van der Waals surface area contributed by atoms with E-state index in [1.54, 1.807) is 6.07 Å². The summed E-state index contributed by atoms with van der Waals surface area (Å²) < 4.78 is 13.2. The first-order valence-electron chi connectivity index (χ1n) is 7.30. The maximum atomic E-state index is 13.2. The molecular formula is C16H23ClFN. The van der Waals surface area contributed by atoms with Crippen molar-refractivity contribution in [3.8, 4) is 0 Å². The molecule has 1 saturated carbocycles. The maximum absolute atomic E-state index is 13.2. The Morgan fingerprint density at radius 2 is 2.00 bits per heavy atom. The van der Waals surface area contributed by atoms with Gasteiger partial charge < -0.3 is 5.32 Å². The third-order valence-electron chi connectivity index (χ3n) is 4.23. The third-order valence-corrected chi connectivity index (χ3v) is 4.52. The van der Waals surface area contributed by atoms with Crippen molar-refractivity contribution < 1.29 is 4.39 Å². The molecule has 2 rings (SSSR count). The Balaban J connectivity index is 2.12. The van der Waals surface area contributed by atoms with Crippen LogP contribution in [0.3, 0.4) is 0 Å². The van der Waals surface area contributed by atoms with E-state index in [0.717, 1.165) is 25.1 Å². The fourth-order valence-electron chi connectivity index (χ4n) is 3.19. The van der Waals surface area contributed by atoms with Crippen LogP contribution < -0.4 is 5.32 Å². The predicted octanol–water partition coefficient (Wildman–Crippen LogP) is 4.58. The van der Waals surface area contributed by atoms with Crippen molar-refractivity contribution in [1.29, 1.82) is 0 Å². The lowest BCUT2D eigenvalue weighted by Crippen LogP contribution is -2.37. The van der Waals surface area contributed by atoms with Gasteiger partial charge in [-0.2, -0.15) is 0 Å². The molecule has 0 atom stereocenters. The molecule has 19 heavy (non-hydrogen) atoms. The molecule has 0 radical (unpaired) electrons. The lowest BCUT2D eigenvalue weighted by atomic mass is 9.70. The highest BCUT2D eigenvalue weighted by atomic mass is 35.5. The second kappa shape index (κ2) is 6.71. The average molecular weight is 284 g/mol. The van der Waals surface area contributed by atoms with Crippen LogP contribution in [0.5, 0.6) is 0 Å². The molecule has 0 saturated heterocycles. The van der Waals surface area contributed by atoms with Gasteiger partial charge in [0.1, 0.15) is 5.82 Å². The molecule has 0 aliphatic heterocycles. The minimum atomic E-state index is -0.324. The van der Waals surface area contributed by atoms with E-state index in [-0.39, 0.29) is 10.8 Å². The molecule has 0 amide bonds. The number of nitrogens with one attached hydrogen (secondary N) is 1. The average Bonchev–Trinajstić information content (AvgIpc) is 2.42. The summed E-state index contributed by atoms with van der Waals surface area (Å²) in [4.78, 5) is 0. The van der Waals surface area contributed by atoms with Gasteiger partial charge in [0, 0.05) is 6.54 Å². The normalized spacial score (nSPS) is 18.5. The fraction of sp³-hybridized carbons (Fsp3) is 0.625. The van der Waals surface area contributed by atoms with Gasteiger partial charge in [0.2, 0.25) is 0 Å². The second-order valence-electron chi connectivity index (χ2n) is 5.77. The van der Waals surface area contributed by atoms with E-state index in [1.807, 2.05) is 6.07 Å². The van der Waals surface area contributed by atoms with Crippen LogP contribution >= 0.6 is 11.6 Å². The van der Waals surface area contributed by atoms with E-state index in [4.69, 9.17) is 11.6 Å². The summed E-state index contributed by atoms with van der Waals surface area (Å²) in [6.07, 6.45) is 7.47. The molecule has 1 N–H and O–H groups in total. The van der Waals surface area contributed by atoms with Gasteiger partial charge in [-0.25, -0.2) is 4.39 Å². The molecule has 3 heteroatoms. The summed E-state index contributed by atoms with van der Waals surface area (Å²) in [5, 5.41) is 3.74. The van der Waals surface area contributed by atoms with Crippen LogP contribution in [0.2, 0.25) is 5.02 Å². The third kappa shape index (κ3) is 3.93. The minimum Gasteiger partial charge on any atom is -0.316 e. The van der Waals surface area contributed by atoms with E-state index >= 15 is 0 Å². The summed E-state index contributed by atoms with van der Waals surface area (Å²) >= 11 is 5.89. The Hall–Kier alpha value is -0.600. The number of hydrogen-bond donors (Lipinski definition) is 1. The number of halogens is 2. The zero-order valence-corrected chi connectivity index (χ0v) is 12.4. The van der Waals surface area contributed by atoms with Crippen LogP contribution in [0.15, 0.2) is 18.2 Å². The van der Waals surface area contributed by atoms with Crippen molar-refractivity contribution >= 4 is 11.6 Å². The van der Waals surface area contributed by atoms with E-state index in [9.17, 15) is 4.39 Å².